The van der Waals surface area contributed by atoms with Crippen LogP contribution in [0.15, 0.2) is 93.1 Å². The van der Waals surface area contributed by atoms with Crippen molar-refractivity contribution in [3.05, 3.63) is 95.0 Å². The van der Waals surface area contributed by atoms with E-state index in [-0.39, 0.29) is 52.8 Å². The Hall–Kier alpha value is -4.98. The van der Waals surface area contributed by atoms with Crippen molar-refractivity contribution in [1.82, 2.24) is 14.9 Å². The molecule has 2 aromatic carbocycles. The van der Waals surface area contributed by atoms with E-state index in [1.807, 2.05) is 6.07 Å². The molecule has 284 valence electrons. The van der Waals surface area contributed by atoms with Gasteiger partial charge in [0, 0.05) is 11.8 Å². The van der Waals surface area contributed by atoms with Crippen molar-refractivity contribution in [2.75, 3.05) is 13.2 Å². The predicted molar refractivity (Wildman–Crippen MR) is 192 cm³/mol. The number of allylic oxidation sites excluding steroid dienone is 1. The number of para-hydroxylation sites is 1. The molecule has 0 aliphatic heterocycles. The first-order chi connectivity index (χ1) is 26.0. The summed E-state index contributed by atoms with van der Waals surface area (Å²) in [5.74, 6) is 0.0989. The van der Waals surface area contributed by atoms with Crippen LogP contribution in [0.25, 0.3) is 5.69 Å². The normalized spacial score (nSPS) is 27.1. The highest BCUT2D eigenvalue weighted by Gasteiger charge is 2.58. The van der Waals surface area contributed by atoms with E-state index in [2.05, 4.69) is 64.9 Å². The number of ether oxygens (including phenoxy) is 3. The average Bonchev–Trinajstić information content (AvgIpc) is 3.86. The number of nitrogens with zero attached hydrogens (tertiary/aromatic N) is 4. The van der Waals surface area contributed by atoms with Crippen LogP contribution in [0, 0.1) is 28.4 Å². The summed E-state index contributed by atoms with van der Waals surface area (Å²) in [7, 11) is -4.27. The van der Waals surface area contributed by atoms with Crippen molar-refractivity contribution in [2.45, 2.75) is 93.1 Å². The molecule has 2 saturated carbocycles. The van der Waals surface area contributed by atoms with E-state index >= 15 is 0 Å². The molecule has 0 bridgehead atoms. The van der Waals surface area contributed by atoms with E-state index in [0.717, 1.165) is 44.2 Å². The van der Waals surface area contributed by atoms with Crippen molar-refractivity contribution < 1.29 is 41.7 Å². The lowest BCUT2D eigenvalue weighted by Crippen LogP contribution is -2.51. The van der Waals surface area contributed by atoms with Gasteiger partial charge >= 0.3 is 22.8 Å². The average molecular weight is 757 g/mol. The number of carbonyl (C=O) groups is 2. The van der Waals surface area contributed by atoms with Gasteiger partial charge in [-0.25, -0.2) is 13.1 Å². The van der Waals surface area contributed by atoms with Crippen LogP contribution in [0.4, 0.5) is 0 Å². The molecule has 54 heavy (non-hydrogen) atoms. The van der Waals surface area contributed by atoms with Crippen LogP contribution in [0.2, 0.25) is 0 Å². The third-order valence-electron chi connectivity index (χ3n) is 12.5. The predicted octanol–water partition coefficient (Wildman–Crippen LogP) is 5.62. The first-order valence-electron chi connectivity index (χ1n) is 18.7. The topological polar surface area (TPSA) is 167 Å². The van der Waals surface area contributed by atoms with Gasteiger partial charge in [-0.05, 0) is 96.4 Å². The molecule has 2 heterocycles. The molecule has 0 N–H and O–H groups in total. The number of esters is 2. The van der Waals surface area contributed by atoms with Crippen molar-refractivity contribution in [3.63, 3.8) is 0 Å². The molecule has 4 aliphatic carbocycles. The van der Waals surface area contributed by atoms with E-state index in [9.17, 15) is 23.2 Å². The quantitative estimate of drug-likeness (QED) is 0.0807. The SMILES string of the molecule is C[C@]12CC[C@H](OC(=O)CCC(=O)OCCOc3no[n+]([O-])c3S(=O)(=O)c3ccccc3)CC1=CC[C@@H]1[C@@H]2CC[C@]2(C)c3c(cnn3-c3ccccc3)C[C@@H]12. The maximum Gasteiger partial charge on any atom is 0.415 e. The Balaban J connectivity index is 0.812. The molecule has 0 spiro atoms. The van der Waals surface area contributed by atoms with Gasteiger partial charge in [0.25, 0.3) is 9.84 Å². The third kappa shape index (κ3) is 6.27. The minimum absolute atomic E-state index is 0.0751. The summed E-state index contributed by atoms with van der Waals surface area (Å²) in [6, 6.07) is 17.8. The molecule has 0 saturated heterocycles. The number of sulfone groups is 1. The fourth-order valence-corrected chi connectivity index (χ4v) is 11.2. The summed E-state index contributed by atoms with van der Waals surface area (Å²) in [5, 5.41) is 19.5. The van der Waals surface area contributed by atoms with E-state index in [4.69, 9.17) is 19.3 Å². The number of rotatable bonds is 11. The number of hydrogen-bond donors (Lipinski definition) is 0. The van der Waals surface area contributed by atoms with Crippen molar-refractivity contribution in [2.24, 2.45) is 23.2 Å². The molecule has 4 aromatic rings. The second kappa shape index (κ2) is 14.0. The lowest BCUT2D eigenvalue weighted by Gasteiger charge is -2.57. The second-order valence-electron chi connectivity index (χ2n) is 15.5. The van der Waals surface area contributed by atoms with E-state index < -0.39 is 32.7 Å². The minimum Gasteiger partial charge on any atom is -0.462 e. The Morgan fingerprint density at radius 2 is 1.67 bits per heavy atom. The van der Waals surface area contributed by atoms with Crippen LogP contribution < -0.4 is 9.64 Å². The van der Waals surface area contributed by atoms with Gasteiger partial charge in [-0.3, -0.25) is 14.2 Å². The molecule has 14 heteroatoms. The Kier molecular flexibility index (Phi) is 9.35. The Morgan fingerprint density at radius 1 is 0.944 bits per heavy atom. The van der Waals surface area contributed by atoms with Crippen LogP contribution in [0.1, 0.15) is 76.5 Å². The van der Waals surface area contributed by atoms with Crippen molar-refractivity contribution >= 4 is 21.8 Å². The monoisotopic (exact) mass is 756 g/mol. The first kappa shape index (κ1) is 36.0. The summed E-state index contributed by atoms with van der Waals surface area (Å²) in [4.78, 5) is 24.8. The highest BCUT2D eigenvalue weighted by Crippen LogP contribution is 2.64. The van der Waals surface area contributed by atoms with Crippen LogP contribution >= 0.6 is 0 Å². The largest absolute Gasteiger partial charge is 0.462 e. The molecule has 13 nitrogen and oxygen atoms in total. The van der Waals surface area contributed by atoms with Gasteiger partial charge in [0.05, 0.1) is 40.5 Å². The smallest absolute Gasteiger partial charge is 0.415 e. The Morgan fingerprint density at radius 3 is 2.44 bits per heavy atom. The summed E-state index contributed by atoms with van der Waals surface area (Å²) >= 11 is 0. The first-order valence-corrected chi connectivity index (χ1v) is 20.2. The molecule has 0 amide bonds. The fourth-order valence-electron chi connectivity index (χ4n) is 9.92. The maximum absolute atomic E-state index is 12.9. The van der Waals surface area contributed by atoms with Gasteiger partial charge in [-0.2, -0.15) is 5.10 Å². The zero-order valence-electron chi connectivity index (χ0n) is 30.4. The van der Waals surface area contributed by atoms with Crippen LogP contribution in [0.5, 0.6) is 5.88 Å². The van der Waals surface area contributed by atoms with Gasteiger partial charge in [-0.1, -0.05) is 61.9 Å². The number of hydrogen-bond acceptors (Lipinski definition) is 11. The number of aromatic nitrogens is 4. The molecule has 4 aliphatic rings. The minimum atomic E-state index is -4.27. The zero-order valence-corrected chi connectivity index (χ0v) is 31.2. The lowest BCUT2D eigenvalue weighted by atomic mass is 9.48. The Bertz CT molecular complexity index is 2180. The molecule has 6 atom stereocenters. The van der Waals surface area contributed by atoms with E-state index in [1.54, 1.807) is 6.07 Å². The zero-order chi connectivity index (χ0) is 37.7. The highest BCUT2D eigenvalue weighted by molar-refractivity contribution is 7.91. The van der Waals surface area contributed by atoms with Gasteiger partial charge in [0.1, 0.15) is 19.3 Å². The molecular formula is C40H44N4O9S. The van der Waals surface area contributed by atoms with Crippen molar-refractivity contribution in [3.8, 4) is 11.6 Å². The molecule has 0 radical (unpaired) electrons. The van der Waals surface area contributed by atoms with Gasteiger partial charge in [-0.15, -0.1) is 0 Å². The lowest BCUT2D eigenvalue weighted by molar-refractivity contribution is -0.832. The summed E-state index contributed by atoms with van der Waals surface area (Å²) in [6.45, 7) is 4.33. The molecule has 0 unspecified atom stereocenters. The summed E-state index contributed by atoms with van der Waals surface area (Å²) in [6.07, 6.45) is 10.8. The molecule has 8 rings (SSSR count). The number of fused-ring (bicyclic) bond motifs is 7. The van der Waals surface area contributed by atoms with Crippen molar-refractivity contribution in [1.29, 1.82) is 0 Å². The van der Waals surface area contributed by atoms with E-state index in [1.165, 1.54) is 41.1 Å². The summed E-state index contributed by atoms with van der Waals surface area (Å²) in [5.41, 5.74) is 5.45. The second-order valence-corrected chi connectivity index (χ2v) is 17.3. The maximum atomic E-state index is 12.9. The Labute approximate surface area is 313 Å². The highest BCUT2D eigenvalue weighted by atomic mass is 32.2. The van der Waals surface area contributed by atoms with Gasteiger partial charge in [0.2, 0.25) is 0 Å². The number of carbonyl (C=O) groups excluding carboxylic acids is 2. The van der Waals surface area contributed by atoms with Gasteiger partial charge < -0.3 is 19.4 Å². The number of benzene rings is 2. The fraction of sp³-hybridized carbons (Fsp3) is 0.475. The van der Waals surface area contributed by atoms with Crippen LogP contribution in [-0.2, 0) is 40.7 Å². The van der Waals surface area contributed by atoms with Crippen LogP contribution in [-0.4, -0.2) is 54.6 Å². The van der Waals surface area contributed by atoms with E-state index in [0.29, 0.717) is 24.2 Å². The van der Waals surface area contributed by atoms with Crippen LogP contribution in [0.3, 0.4) is 0 Å². The van der Waals surface area contributed by atoms with Gasteiger partial charge in [0.15, 0.2) is 0 Å². The molecule has 2 aromatic heterocycles. The molecule has 2 fully saturated rings. The summed E-state index contributed by atoms with van der Waals surface area (Å²) < 4.78 is 48.8. The standard InChI is InChI=1S/C40H44N4O9S/c1-39-19-17-29(52-35(46)16-15-34(45)50-21-22-51-37-38(44(47)53-42-37)54(48,49)30-11-7-4-8-12-30)24-27(39)13-14-31-32(39)18-20-40(2)33(31)23-26-25-41-43(36(26)40)28-9-5-3-6-10-28/h3-13,25,29,31-33H,14-24H2,1-2H3/t29-,31+,32-,33-,39-,40-/m0/s1. The third-order valence-corrected chi connectivity index (χ3v) is 14.3. The molecular weight excluding hydrogens is 713 g/mol.